The number of phenolic OH excluding ortho intramolecular Hbond substituents is 1. The number of phenols is 1. The van der Waals surface area contributed by atoms with Gasteiger partial charge in [-0.05, 0) is 54.2 Å². The first-order chi connectivity index (χ1) is 12.7. The molecule has 1 aliphatic carbocycles. The van der Waals surface area contributed by atoms with Crippen LogP contribution >= 0.6 is 0 Å². The van der Waals surface area contributed by atoms with Crippen LogP contribution in [-0.4, -0.2) is 16.7 Å². The highest BCUT2D eigenvalue weighted by molar-refractivity contribution is 6.05. The third kappa shape index (κ3) is 3.18. The van der Waals surface area contributed by atoms with Crippen LogP contribution < -0.4 is 5.43 Å². The minimum absolute atomic E-state index is 0.0392. The zero-order valence-electron chi connectivity index (χ0n) is 14.4. The van der Waals surface area contributed by atoms with E-state index in [0.29, 0.717) is 0 Å². The van der Waals surface area contributed by atoms with Gasteiger partial charge in [-0.15, -0.1) is 0 Å². The van der Waals surface area contributed by atoms with E-state index >= 15 is 0 Å². The zero-order chi connectivity index (χ0) is 17.9. The fourth-order valence-corrected chi connectivity index (χ4v) is 3.47. The molecular formula is C22H20N2O2. The molecule has 3 aromatic rings. The lowest BCUT2D eigenvalue weighted by atomic mass is 10.0. The largest absolute Gasteiger partial charge is 0.507 e. The molecule has 4 rings (SSSR count). The number of rotatable bonds is 2. The molecule has 2 N–H and O–H groups in total. The third-order valence-corrected chi connectivity index (χ3v) is 4.84. The van der Waals surface area contributed by atoms with Crippen molar-refractivity contribution in [3.8, 4) is 5.75 Å². The SMILES string of the molecule is O=C(N/N=C1\CCCCc2ccccc21)c1cc2ccccc2cc1O. The minimum Gasteiger partial charge on any atom is -0.507 e. The number of carbonyl (C=O) groups excluding carboxylic acids is 1. The van der Waals surface area contributed by atoms with Crippen LogP contribution in [0.1, 0.15) is 40.7 Å². The van der Waals surface area contributed by atoms with Crippen LogP contribution in [0.4, 0.5) is 0 Å². The normalized spacial score (nSPS) is 15.5. The number of benzene rings is 3. The average Bonchev–Trinajstić information content (AvgIpc) is 2.88. The summed E-state index contributed by atoms with van der Waals surface area (Å²) in [6, 6.07) is 19.1. The van der Waals surface area contributed by atoms with Crippen molar-refractivity contribution >= 4 is 22.4 Å². The molecule has 1 aliphatic rings. The molecule has 0 aliphatic heterocycles. The van der Waals surface area contributed by atoms with Gasteiger partial charge in [0, 0.05) is 5.56 Å². The van der Waals surface area contributed by atoms with Gasteiger partial charge in [-0.1, -0.05) is 48.5 Å². The summed E-state index contributed by atoms with van der Waals surface area (Å²) in [7, 11) is 0. The summed E-state index contributed by atoms with van der Waals surface area (Å²) in [6.45, 7) is 0. The molecule has 4 heteroatoms. The summed E-state index contributed by atoms with van der Waals surface area (Å²) in [6.07, 6.45) is 4.04. The van der Waals surface area contributed by atoms with Crippen molar-refractivity contribution in [1.29, 1.82) is 0 Å². The number of aromatic hydroxyl groups is 1. The van der Waals surface area contributed by atoms with E-state index < -0.39 is 5.91 Å². The molecule has 0 bridgehead atoms. The summed E-state index contributed by atoms with van der Waals surface area (Å²) in [5, 5.41) is 16.4. The van der Waals surface area contributed by atoms with Gasteiger partial charge in [0.05, 0.1) is 11.3 Å². The van der Waals surface area contributed by atoms with Crippen molar-refractivity contribution in [2.24, 2.45) is 5.10 Å². The van der Waals surface area contributed by atoms with Crippen molar-refractivity contribution in [3.63, 3.8) is 0 Å². The van der Waals surface area contributed by atoms with E-state index in [1.54, 1.807) is 12.1 Å². The molecule has 0 fully saturated rings. The highest BCUT2D eigenvalue weighted by atomic mass is 16.3. The topological polar surface area (TPSA) is 61.7 Å². The first-order valence-corrected chi connectivity index (χ1v) is 8.89. The number of nitrogens with one attached hydrogen (secondary N) is 1. The van der Waals surface area contributed by atoms with Gasteiger partial charge >= 0.3 is 0 Å². The van der Waals surface area contributed by atoms with E-state index in [4.69, 9.17) is 0 Å². The Morgan fingerprint density at radius 2 is 1.62 bits per heavy atom. The Hall–Kier alpha value is -3.14. The van der Waals surface area contributed by atoms with Crippen LogP contribution in [-0.2, 0) is 6.42 Å². The summed E-state index contributed by atoms with van der Waals surface area (Å²) >= 11 is 0. The quantitative estimate of drug-likeness (QED) is 0.534. The van der Waals surface area contributed by atoms with Crippen molar-refractivity contribution in [2.45, 2.75) is 25.7 Å². The molecule has 0 atom stereocenters. The molecular weight excluding hydrogens is 324 g/mol. The molecule has 26 heavy (non-hydrogen) atoms. The summed E-state index contributed by atoms with van der Waals surface area (Å²) in [5.74, 6) is -0.440. The van der Waals surface area contributed by atoms with E-state index in [1.807, 2.05) is 36.4 Å². The second-order valence-corrected chi connectivity index (χ2v) is 6.58. The molecule has 0 heterocycles. The molecule has 1 amide bonds. The van der Waals surface area contributed by atoms with Crippen molar-refractivity contribution in [2.75, 3.05) is 0 Å². The number of hydrogen-bond donors (Lipinski definition) is 2. The number of nitrogens with zero attached hydrogens (tertiary/aromatic N) is 1. The van der Waals surface area contributed by atoms with Crippen molar-refractivity contribution < 1.29 is 9.90 Å². The summed E-state index contributed by atoms with van der Waals surface area (Å²) in [5.41, 5.74) is 6.13. The first kappa shape index (κ1) is 16.3. The zero-order valence-corrected chi connectivity index (χ0v) is 14.4. The van der Waals surface area contributed by atoms with E-state index in [0.717, 1.165) is 47.7 Å². The maximum atomic E-state index is 12.6. The maximum absolute atomic E-state index is 12.6. The molecule has 130 valence electrons. The Balaban J connectivity index is 1.63. The van der Waals surface area contributed by atoms with Crippen LogP contribution in [0.3, 0.4) is 0 Å². The minimum atomic E-state index is -0.400. The number of amides is 1. The van der Waals surface area contributed by atoms with Gasteiger partial charge in [0.25, 0.3) is 5.91 Å². The van der Waals surface area contributed by atoms with E-state index in [-0.39, 0.29) is 11.3 Å². The van der Waals surface area contributed by atoms with Crippen molar-refractivity contribution in [3.05, 3.63) is 77.4 Å². The Kier molecular flexibility index (Phi) is 4.40. The van der Waals surface area contributed by atoms with Crippen molar-refractivity contribution in [1.82, 2.24) is 5.43 Å². The van der Waals surface area contributed by atoms with Crippen LogP contribution in [0, 0.1) is 0 Å². The predicted octanol–water partition coefficient (Wildman–Crippen LogP) is 4.41. The number of hydrazone groups is 1. The number of aryl methyl sites for hydroxylation is 1. The lowest BCUT2D eigenvalue weighted by Gasteiger charge is -2.09. The van der Waals surface area contributed by atoms with Crippen LogP contribution in [0.5, 0.6) is 5.75 Å². The molecule has 0 saturated heterocycles. The van der Waals surface area contributed by atoms with E-state index in [1.165, 1.54) is 5.56 Å². The number of carbonyl (C=O) groups is 1. The monoisotopic (exact) mass is 344 g/mol. The van der Waals surface area contributed by atoms with Crippen LogP contribution in [0.2, 0.25) is 0 Å². The first-order valence-electron chi connectivity index (χ1n) is 8.89. The lowest BCUT2D eigenvalue weighted by Crippen LogP contribution is -2.20. The second-order valence-electron chi connectivity index (χ2n) is 6.58. The van der Waals surface area contributed by atoms with Crippen LogP contribution in [0.15, 0.2) is 65.8 Å². The summed E-state index contributed by atoms with van der Waals surface area (Å²) < 4.78 is 0. The molecule has 0 radical (unpaired) electrons. The molecule has 3 aromatic carbocycles. The van der Waals surface area contributed by atoms with Gasteiger partial charge in [0.15, 0.2) is 0 Å². The molecule has 0 unspecified atom stereocenters. The molecule has 0 aromatic heterocycles. The van der Waals surface area contributed by atoms with Gasteiger partial charge in [-0.2, -0.15) is 5.10 Å². The molecule has 0 spiro atoms. The lowest BCUT2D eigenvalue weighted by molar-refractivity contribution is 0.0952. The van der Waals surface area contributed by atoms with Gasteiger partial charge in [0.2, 0.25) is 0 Å². The highest BCUT2D eigenvalue weighted by Crippen LogP contribution is 2.25. The fraction of sp³-hybridized carbons (Fsp3) is 0.182. The fourth-order valence-electron chi connectivity index (χ4n) is 3.47. The second kappa shape index (κ2) is 7.00. The smallest absolute Gasteiger partial charge is 0.275 e. The summed E-state index contributed by atoms with van der Waals surface area (Å²) in [4.78, 5) is 12.6. The number of fused-ring (bicyclic) bond motifs is 2. The van der Waals surface area contributed by atoms with Gasteiger partial charge in [-0.3, -0.25) is 4.79 Å². The molecule has 0 saturated carbocycles. The van der Waals surface area contributed by atoms with E-state index in [9.17, 15) is 9.90 Å². The Morgan fingerprint density at radius 1 is 0.923 bits per heavy atom. The predicted molar refractivity (Wildman–Crippen MR) is 104 cm³/mol. The number of hydrogen-bond acceptors (Lipinski definition) is 3. The standard InChI is InChI=1S/C22H20N2O2/c25-21-14-17-10-2-1-9-16(17)13-19(21)22(26)24-23-20-12-6-4-8-15-7-3-5-11-18(15)20/h1-3,5,7,9-11,13-14,25H,4,6,8,12H2,(H,24,26)/b23-20+. The molecule has 4 nitrogen and oxygen atoms in total. The van der Waals surface area contributed by atoms with Gasteiger partial charge in [0.1, 0.15) is 5.75 Å². The maximum Gasteiger partial charge on any atom is 0.275 e. The Morgan fingerprint density at radius 3 is 2.46 bits per heavy atom. The van der Waals surface area contributed by atoms with Gasteiger partial charge in [-0.25, -0.2) is 5.43 Å². The highest BCUT2D eigenvalue weighted by Gasteiger charge is 2.15. The third-order valence-electron chi connectivity index (χ3n) is 4.84. The Bertz CT molecular complexity index is 1010. The van der Waals surface area contributed by atoms with Gasteiger partial charge < -0.3 is 5.11 Å². The Labute approximate surface area is 152 Å². The van der Waals surface area contributed by atoms with E-state index in [2.05, 4.69) is 22.7 Å². The van der Waals surface area contributed by atoms with Crippen LogP contribution in [0.25, 0.3) is 10.8 Å². The average molecular weight is 344 g/mol.